The van der Waals surface area contributed by atoms with Crippen molar-refractivity contribution >= 4 is 5.91 Å². The zero-order valence-corrected chi connectivity index (χ0v) is 12.6. The van der Waals surface area contributed by atoms with E-state index in [4.69, 9.17) is 5.73 Å². The van der Waals surface area contributed by atoms with Crippen LogP contribution in [0.1, 0.15) is 65.2 Å². The van der Waals surface area contributed by atoms with Crippen molar-refractivity contribution in [2.24, 2.45) is 17.6 Å². The third-order valence-electron chi connectivity index (χ3n) is 5.25. The van der Waals surface area contributed by atoms with Gasteiger partial charge in [-0.05, 0) is 38.5 Å². The van der Waals surface area contributed by atoms with Crippen molar-refractivity contribution in [3.8, 4) is 0 Å². The van der Waals surface area contributed by atoms with E-state index in [2.05, 4.69) is 18.7 Å². The quantitative estimate of drug-likeness (QED) is 0.853. The molecule has 3 heteroatoms. The fraction of sp³-hybridized carbons (Fsp3) is 0.938. The highest BCUT2D eigenvalue weighted by atomic mass is 16.2. The predicted octanol–water partition coefficient (Wildman–Crippen LogP) is 2.93. The number of hydrogen-bond donors (Lipinski definition) is 1. The standard InChI is InChI=1S/C16H30N2O/c1-3-18(13-9-5-4-6-10-13)16(19)14-11-7-8-12(2)15(14)17/h12-15H,3-11,17H2,1-2H3. The molecule has 0 aromatic carbocycles. The predicted molar refractivity (Wildman–Crippen MR) is 78.7 cm³/mol. The summed E-state index contributed by atoms with van der Waals surface area (Å²) in [5, 5.41) is 0. The fourth-order valence-corrected chi connectivity index (χ4v) is 3.93. The molecule has 0 heterocycles. The Kier molecular flexibility index (Phi) is 5.26. The van der Waals surface area contributed by atoms with Crippen molar-refractivity contribution in [3.63, 3.8) is 0 Å². The maximum Gasteiger partial charge on any atom is 0.227 e. The van der Waals surface area contributed by atoms with Gasteiger partial charge in [0.25, 0.3) is 0 Å². The molecule has 0 bridgehead atoms. The van der Waals surface area contributed by atoms with E-state index in [0.717, 1.165) is 19.4 Å². The van der Waals surface area contributed by atoms with Crippen LogP contribution in [0.5, 0.6) is 0 Å². The Labute approximate surface area is 117 Å². The van der Waals surface area contributed by atoms with Gasteiger partial charge in [0.05, 0.1) is 5.92 Å². The van der Waals surface area contributed by atoms with Crippen LogP contribution in [0.3, 0.4) is 0 Å². The average molecular weight is 266 g/mol. The van der Waals surface area contributed by atoms with Crippen LogP contribution in [-0.2, 0) is 4.79 Å². The number of nitrogens with two attached hydrogens (primary N) is 1. The van der Waals surface area contributed by atoms with E-state index in [9.17, 15) is 4.79 Å². The lowest BCUT2D eigenvalue weighted by Crippen LogP contribution is -2.51. The molecule has 110 valence electrons. The second kappa shape index (κ2) is 6.74. The third-order valence-corrected chi connectivity index (χ3v) is 5.25. The summed E-state index contributed by atoms with van der Waals surface area (Å²) in [4.78, 5) is 15.0. The minimum Gasteiger partial charge on any atom is -0.340 e. The largest absolute Gasteiger partial charge is 0.340 e. The molecule has 0 aromatic heterocycles. The zero-order valence-electron chi connectivity index (χ0n) is 12.6. The van der Waals surface area contributed by atoms with Gasteiger partial charge in [-0.2, -0.15) is 0 Å². The number of carbonyl (C=O) groups excluding carboxylic acids is 1. The Balaban J connectivity index is 2.02. The number of hydrogen-bond acceptors (Lipinski definition) is 2. The van der Waals surface area contributed by atoms with Crippen LogP contribution in [0.4, 0.5) is 0 Å². The first-order chi connectivity index (χ1) is 9.15. The first-order valence-electron chi connectivity index (χ1n) is 8.21. The van der Waals surface area contributed by atoms with Gasteiger partial charge >= 0.3 is 0 Å². The lowest BCUT2D eigenvalue weighted by atomic mass is 9.77. The van der Waals surface area contributed by atoms with Crippen molar-refractivity contribution in [3.05, 3.63) is 0 Å². The van der Waals surface area contributed by atoms with Gasteiger partial charge in [0.1, 0.15) is 0 Å². The molecule has 2 saturated carbocycles. The highest BCUT2D eigenvalue weighted by molar-refractivity contribution is 5.80. The van der Waals surface area contributed by atoms with Crippen LogP contribution in [0.25, 0.3) is 0 Å². The minimum atomic E-state index is 0.0684. The normalized spacial score (nSPS) is 33.1. The molecule has 3 nitrogen and oxygen atoms in total. The molecule has 2 aliphatic carbocycles. The number of nitrogens with zero attached hydrogens (tertiary/aromatic N) is 1. The van der Waals surface area contributed by atoms with Crippen molar-refractivity contribution in [2.75, 3.05) is 6.54 Å². The summed E-state index contributed by atoms with van der Waals surface area (Å²) < 4.78 is 0. The Morgan fingerprint density at radius 2 is 1.79 bits per heavy atom. The highest BCUT2D eigenvalue weighted by Crippen LogP contribution is 2.31. The summed E-state index contributed by atoms with van der Waals surface area (Å²) in [6.07, 6.45) is 9.61. The van der Waals surface area contributed by atoms with E-state index in [1.807, 2.05) is 0 Å². The summed E-state index contributed by atoms with van der Waals surface area (Å²) in [5.74, 6) is 0.909. The average Bonchev–Trinajstić information content (AvgIpc) is 2.44. The first kappa shape index (κ1) is 14.8. The van der Waals surface area contributed by atoms with E-state index < -0.39 is 0 Å². The summed E-state index contributed by atoms with van der Waals surface area (Å²) in [6, 6.07) is 0.551. The SMILES string of the molecule is CCN(C(=O)C1CCCC(C)C1N)C1CCCCC1. The van der Waals surface area contributed by atoms with Gasteiger partial charge < -0.3 is 10.6 Å². The van der Waals surface area contributed by atoms with Crippen LogP contribution in [0.2, 0.25) is 0 Å². The third kappa shape index (κ3) is 3.31. The van der Waals surface area contributed by atoms with Gasteiger partial charge in [0.2, 0.25) is 5.91 Å². The number of rotatable bonds is 3. The first-order valence-corrected chi connectivity index (χ1v) is 8.21. The lowest BCUT2D eigenvalue weighted by Gasteiger charge is -2.40. The van der Waals surface area contributed by atoms with E-state index in [1.165, 1.54) is 38.5 Å². The molecule has 2 fully saturated rings. The smallest absolute Gasteiger partial charge is 0.227 e. The Hall–Kier alpha value is -0.570. The van der Waals surface area contributed by atoms with Gasteiger partial charge in [-0.25, -0.2) is 0 Å². The van der Waals surface area contributed by atoms with Gasteiger partial charge in [0, 0.05) is 18.6 Å². The summed E-state index contributed by atoms with van der Waals surface area (Å²) in [5.41, 5.74) is 6.30. The van der Waals surface area contributed by atoms with Gasteiger partial charge in [0.15, 0.2) is 0 Å². The molecular formula is C16H30N2O. The number of carbonyl (C=O) groups is 1. The maximum absolute atomic E-state index is 12.8. The van der Waals surface area contributed by atoms with E-state index in [1.54, 1.807) is 0 Å². The molecular weight excluding hydrogens is 236 g/mol. The van der Waals surface area contributed by atoms with Crippen molar-refractivity contribution in [1.82, 2.24) is 4.90 Å². The van der Waals surface area contributed by atoms with Crippen LogP contribution in [-0.4, -0.2) is 29.4 Å². The second-order valence-corrected chi connectivity index (χ2v) is 6.51. The van der Waals surface area contributed by atoms with Crippen LogP contribution in [0.15, 0.2) is 0 Å². The molecule has 0 saturated heterocycles. The molecule has 3 unspecified atom stereocenters. The van der Waals surface area contributed by atoms with Crippen LogP contribution in [0, 0.1) is 11.8 Å². The Morgan fingerprint density at radius 3 is 2.42 bits per heavy atom. The van der Waals surface area contributed by atoms with Crippen molar-refractivity contribution in [1.29, 1.82) is 0 Å². The monoisotopic (exact) mass is 266 g/mol. The fourth-order valence-electron chi connectivity index (χ4n) is 3.93. The molecule has 0 spiro atoms. The molecule has 2 N–H and O–H groups in total. The van der Waals surface area contributed by atoms with E-state index in [-0.39, 0.29) is 12.0 Å². The topological polar surface area (TPSA) is 46.3 Å². The van der Waals surface area contributed by atoms with Crippen LogP contribution < -0.4 is 5.73 Å². The molecule has 0 aliphatic heterocycles. The Morgan fingerprint density at radius 1 is 1.11 bits per heavy atom. The summed E-state index contributed by atoms with van der Waals surface area (Å²) in [7, 11) is 0. The van der Waals surface area contributed by atoms with Gasteiger partial charge in [-0.1, -0.05) is 32.6 Å². The van der Waals surface area contributed by atoms with E-state index >= 15 is 0 Å². The molecule has 2 aliphatic rings. The number of amides is 1. The van der Waals surface area contributed by atoms with E-state index in [0.29, 0.717) is 17.9 Å². The summed E-state index contributed by atoms with van der Waals surface area (Å²) >= 11 is 0. The molecule has 3 atom stereocenters. The molecule has 2 rings (SSSR count). The zero-order chi connectivity index (χ0) is 13.8. The molecule has 0 radical (unpaired) electrons. The lowest BCUT2D eigenvalue weighted by molar-refractivity contribution is -0.140. The Bertz CT molecular complexity index is 299. The van der Waals surface area contributed by atoms with Gasteiger partial charge in [-0.15, -0.1) is 0 Å². The second-order valence-electron chi connectivity index (χ2n) is 6.51. The molecule has 1 amide bonds. The maximum atomic E-state index is 12.8. The highest BCUT2D eigenvalue weighted by Gasteiger charge is 2.36. The summed E-state index contributed by atoms with van der Waals surface area (Å²) in [6.45, 7) is 5.16. The van der Waals surface area contributed by atoms with Crippen molar-refractivity contribution < 1.29 is 4.79 Å². The van der Waals surface area contributed by atoms with Crippen molar-refractivity contribution in [2.45, 2.75) is 77.3 Å². The van der Waals surface area contributed by atoms with Crippen LogP contribution >= 0.6 is 0 Å². The minimum absolute atomic E-state index is 0.0684. The molecule has 19 heavy (non-hydrogen) atoms. The molecule has 0 aromatic rings. The van der Waals surface area contributed by atoms with Gasteiger partial charge in [-0.3, -0.25) is 4.79 Å².